The van der Waals surface area contributed by atoms with Crippen LogP contribution in [-0.2, 0) is 0 Å². The zero-order valence-corrected chi connectivity index (χ0v) is 12.8. The Labute approximate surface area is 118 Å². The van der Waals surface area contributed by atoms with E-state index in [4.69, 9.17) is 0 Å². The molecule has 0 aromatic heterocycles. The zero-order chi connectivity index (χ0) is 13.5. The van der Waals surface area contributed by atoms with Crippen LogP contribution in [0.5, 0.6) is 0 Å². The van der Waals surface area contributed by atoms with Crippen LogP contribution >= 0.6 is 15.9 Å². The number of halogens is 2. The Balaban J connectivity index is 2.74. The molecule has 18 heavy (non-hydrogen) atoms. The SMILES string of the molecule is CCC(=Cc1cc(Br)ccc1F)CNCC(C)C. The minimum absolute atomic E-state index is 0.173. The quantitative estimate of drug-likeness (QED) is 0.807. The van der Waals surface area contributed by atoms with Crippen molar-refractivity contribution in [2.24, 2.45) is 5.92 Å². The van der Waals surface area contributed by atoms with Crippen LogP contribution in [0.25, 0.3) is 6.08 Å². The molecule has 0 fully saturated rings. The monoisotopic (exact) mass is 313 g/mol. The Morgan fingerprint density at radius 2 is 2.17 bits per heavy atom. The van der Waals surface area contributed by atoms with E-state index in [1.165, 1.54) is 11.6 Å². The molecule has 0 radical (unpaired) electrons. The van der Waals surface area contributed by atoms with E-state index in [2.05, 4.69) is 42.0 Å². The van der Waals surface area contributed by atoms with E-state index in [1.54, 1.807) is 6.07 Å². The van der Waals surface area contributed by atoms with E-state index < -0.39 is 0 Å². The first-order valence-electron chi connectivity index (χ1n) is 6.38. The van der Waals surface area contributed by atoms with Gasteiger partial charge in [0.25, 0.3) is 0 Å². The molecule has 0 saturated heterocycles. The van der Waals surface area contributed by atoms with Crippen LogP contribution in [0, 0.1) is 11.7 Å². The van der Waals surface area contributed by atoms with Crippen molar-refractivity contribution in [2.45, 2.75) is 27.2 Å². The summed E-state index contributed by atoms with van der Waals surface area (Å²) in [7, 11) is 0. The van der Waals surface area contributed by atoms with Gasteiger partial charge in [0.05, 0.1) is 0 Å². The molecule has 0 spiro atoms. The second-order valence-electron chi connectivity index (χ2n) is 4.85. The molecular weight excluding hydrogens is 293 g/mol. The van der Waals surface area contributed by atoms with E-state index in [1.807, 2.05) is 12.1 Å². The average Bonchev–Trinajstić information content (AvgIpc) is 2.32. The topological polar surface area (TPSA) is 12.0 Å². The molecule has 1 rings (SSSR count). The fraction of sp³-hybridized carbons (Fsp3) is 0.467. The van der Waals surface area contributed by atoms with E-state index in [-0.39, 0.29) is 5.82 Å². The highest BCUT2D eigenvalue weighted by atomic mass is 79.9. The zero-order valence-electron chi connectivity index (χ0n) is 11.3. The van der Waals surface area contributed by atoms with Crippen LogP contribution in [0.1, 0.15) is 32.8 Å². The maximum Gasteiger partial charge on any atom is 0.130 e. The molecule has 3 heteroatoms. The van der Waals surface area contributed by atoms with Crippen LogP contribution in [-0.4, -0.2) is 13.1 Å². The molecule has 0 saturated carbocycles. The van der Waals surface area contributed by atoms with Gasteiger partial charge in [-0.15, -0.1) is 0 Å². The van der Waals surface area contributed by atoms with Gasteiger partial charge in [0, 0.05) is 16.6 Å². The van der Waals surface area contributed by atoms with Crippen molar-refractivity contribution in [1.29, 1.82) is 0 Å². The molecule has 0 aliphatic heterocycles. The van der Waals surface area contributed by atoms with Gasteiger partial charge in [-0.2, -0.15) is 0 Å². The van der Waals surface area contributed by atoms with Gasteiger partial charge in [-0.05, 0) is 37.1 Å². The molecule has 1 nitrogen and oxygen atoms in total. The van der Waals surface area contributed by atoms with Crippen LogP contribution in [0.15, 0.2) is 28.2 Å². The van der Waals surface area contributed by atoms with Crippen molar-refractivity contribution in [3.05, 3.63) is 39.6 Å². The molecule has 1 aromatic carbocycles. The van der Waals surface area contributed by atoms with Crippen molar-refractivity contribution in [3.63, 3.8) is 0 Å². The van der Waals surface area contributed by atoms with Crippen molar-refractivity contribution in [3.8, 4) is 0 Å². The third-order valence-electron chi connectivity index (χ3n) is 2.68. The van der Waals surface area contributed by atoms with Crippen LogP contribution < -0.4 is 5.32 Å². The largest absolute Gasteiger partial charge is 0.313 e. The molecule has 1 aromatic rings. The van der Waals surface area contributed by atoms with E-state index in [0.29, 0.717) is 11.5 Å². The highest BCUT2D eigenvalue weighted by Crippen LogP contribution is 2.18. The molecule has 100 valence electrons. The summed E-state index contributed by atoms with van der Waals surface area (Å²) in [5, 5.41) is 3.39. The molecule has 0 heterocycles. The molecule has 0 unspecified atom stereocenters. The lowest BCUT2D eigenvalue weighted by molar-refractivity contribution is 0.569. The number of hydrogen-bond acceptors (Lipinski definition) is 1. The summed E-state index contributed by atoms with van der Waals surface area (Å²) in [6.07, 6.45) is 2.87. The van der Waals surface area contributed by atoms with Gasteiger partial charge in [0.2, 0.25) is 0 Å². The summed E-state index contributed by atoms with van der Waals surface area (Å²) in [6.45, 7) is 8.25. The molecule has 0 bridgehead atoms. The molecule has 0 aliphatic carbocycles. The third-order valence-corrected chi connectivity index (χ3v) is 3.17. The maximum absolute atomic E-state index is 13.6. The van der Waals surface area contributed by atoms with Crippen LogP contribution in [0.3, 0.4) is 0 Å². The Kier molecular flexibility index (Phi) is 6.58. The van der Waals surface area contributed by atoms with Gasteiger partial charge < -0.3 is 5.32 Å². The van der Waals surface area contributed by atoms with Gasteiger partial charge in [-0.1, -0.05) is 48.4 Å². The second-order valence-corrected chi connectivity index (χ2v) is 5.76. The van der Waals surface area contributed by atoms with Gasteiger partial charge in [0.1, 0.15) is 5.82 Å². The lowest BCUT2D eigenvalue weighted by Crippen LogP contribution is -2.21. The van der Waals surface area contributed by atoms with Crippen LogP contribution in [0.4, 0.5) is 4.39 Å². The molecule has 0 amide bonds. The summed E-state index contributed by atoms with van der Waals surface area (Å²) in [5.41, 5.74) is 1.86. The fourth-order valence-electron chi connectivity index (χ4n) is 1.64. The van der Waals surface area contributed by atoms with Gasteiger partial charge in [-0.25, -0.2) is 4.39 Å². The standard InChI is InChI=1S/C15H21BrFN/c1-4-12(10-18-9-11(2)3)7-13-8-14(16)5-6-15(13)17/h5-8,11,18H,4,9-10H2,1-3H3. The summed E-state index contributed by atoms with van der Waals surface area (Å²) in [6, 6.07) is 5.02. The number of benzene rings is 1. The first kappa shape index (κ1) is 15.4. The molecule has 0 aliphatic rings. The lowest BCUT2D eigenvalue weighted by Gasteiger charge is -2.10. The molecule has 1 N–H and O–H groups in total. The normalized spacial score (nSPS) is 12.2. The first-order valence-corrected chi connectivity index (χ1v) is 7.17. The molecular formula is C15H21BrFN. The van der Waals surface area contributed by atoms with Crippen LogP contribution in [0.2, 0.25) is 0 Å². The van der Waals surface area contributed by atoms with Gasteiger partial charge in [0.15, 0.2) is 0 Å². The van der Waals surface area contributed by atoms with Crippen molar-refractivity contribution in [2.75, 3.05) is 13.1 Å². The second kappa shape index (κ2) is 7.70. The first-order chi connectivity index (χ1) is 8.52. The van der Waals surface area contributed by atoms with Crippen molar-refractivity contribution < 1.29 is 4.39 Å². The van der Waals surface area contributed by atoms with Gasteiger partial charge in [-0.3, -0.25) is 0 Å². The van der Waals surface area contributed by atoms with Crippen molar-refractivity contribution >= 4 is 22.0 Å². The lowest BCUT2D eigenvalue weighted by atomic mass is 10.1. The average molecular weight is 314 g/mol. The van der Waals surface area contributed by atoms with E-state index in [9.17, 15) is 4.39 Å². The van der Waals surface area contributed by atoms with Crippen molar-refractivity contribution in [1.82, 2.24) is 5.32 Å². The van der Waals surface area contributed by atoms with Gasteiger partial charge >= 0.3 is 0 Å². The summed E-state index contributed by atoms with van der Waals surface area (Å²) in [5.74, 6) is 0.457. The minimum Gasteiger partial charge on any atom is -0.313 e. The summed E-state index contributed by atoms with van der Waals surface area (Å²) in [4.78, 5) is 0. The molecule has 0 atom stereocenters. The van der Waals surface area contributed by atoms with E-state index >= 15 is 0 Å². The Hall–Kier alpha value is -0.670. The summed E-state index contributed by atoms with van der Waals surface area (Å²) >= 11 is 3.37. The number of hydrogen-bond donors (Lipinski definition) is 1. The predicted molar refractivity (Wildman–Crippen MR) is 80.1 cm³/mol. The Morgan fingerprint density at radius 1 is 1.44 bits per heavy atom. The maximum atomic E-state index is 13.6. The number of rotatable bonds is 6. The third kappa shape index (κ3) is 5.32. The summed E-state index contributed by atoms with van der Waals surface area (Å²) < 4.78 is 14.5. The highest BCUT2D eigenvalue weighted by Gasteiger charge is 2.02. The smallest absolute Gasteiger partial charge is 0.130 e. The predicted octanol–water partition coefficient (Wildman–Crippen LogP) is 4.63. The number of nitrogens with one attached hydrogen (secondary N) is 1. The van der Waals surface area contributed by atoms with E-state index in [0.717, 1.165) is 24.0 Å². The highest BCUT2D eigenvalue weighted by molar-refractivity contribution is 9.10. The fourth-order valence-corrected chi connectivity index (χ4v) is 2.02. The minimum atomic E-state index is -0.173. The Bertz CT molecular complexity index is 413. The Morgan fingerprint density at radius 3 is 2.78 bits per heavy atom.